The van der Waals surface area contributed by atoms with Gasteiger partial charge in [-0.2, -0.15) is 5.10 Å². The van der Waals surface area contributed by atoms with E-state index in [1.807, 2.05) is 16.8 Å². The molecule has 0 aliphatic heterocycles. The van der Waals surface area contributed by atoms with E-state index in [1.54, 1.807) is 6.20 Å². The average Bonchev–Trinajstić information content (AvgIpc) is 2.62. The largest absolute Gasteiger partial charge is 0.396 e. The van der Waals surface area contributed by atoms with Crippen LogP contribution in [0.4, 0.5) is 5.69 Å². The molecule has 17 heavy (non-hydrogen) atoms. The molecule has 0 amide bonds. The van der Waals surface area contributed by atoms with Crippen LogP contribution in [0.5, 0.6) is 0 Å². The topological polar surface area (TPSA) is 43.8 Å². The van der Waals surface area contributed by atoms with Gasteiger partial charge in [0.1, 0.15) is 0 Å². The minimum Gasteiger partial charge on any atom is -0.396 e. The zero-order valence-electron chi connectivity index (χ0n) is 10.2. The quantitative estimate of drug-likeness (QED) is 0.911. The van der Waals surface area contributed by atoms with Crippen LogP contribution in [0.25, 0.3) is 5.69 Å². The van der Waals surface area contributed by atoms with Gasteiger partial charge in [-0.1, -0.05) is 31.5 Å². The second-order valence-corrected chi connectivity index (χ2v) is 3.99. The molecule has 0 unspecified atom stereocenters. The van der Waals surface area contributed by atoms with Gasteiger partial charge in [-0.3, -0.25) is 0 Å². The Labute approximate surface area is 108 Å². The fourth-order valence-electron chi connectivity index (χ4n) is 1.88. The molecule has 0 saturated carbocycles. The lowest BCUT2D eigenvalue weighted by atomic mass is 10.2. The van der Waals surface area contributed by atoms with Crippen molar-refractivity contribution >= 4 is 18.1 Å². The number of nitrogens with two attached hydrogens (primary N) is 1. The summed E-state index contributed by atoms with van der Waals surface area (Å²) in [4.78, 5) is 0. The molecule has 4 heteroatoms. The summed E-state index contributed by atoms with van der Waals surface area (Å²) in [6, 6.07) is 8.21. The van der Waals surface area contributed by atoms with Crippen molar-refractivity contribution in [2.75, 3.05) is 5.73 Å². The molecule has 2 N–H and O–H groups in total. The van der Waals surface area contributed by atoms with Gasteiger partial charge in [0.25, 0.3) is 0 Å². The number of benzene rings is 1. The SMILES string of the molecule is CCCc1c(N)cnn1-c1ccccc1C.Cl. The zero-order valence-corrected chi connectivity index (χ0v) is 11.0. The maximum Gasteiger partial charge on any atom is 0.0737 e. The van der Waals surface area contributed by atoms with Crippen LogP contribution in [0.2, 0.25) is 0 Å². The minimum absolute atomic E-state index is 0. The molecule has 0 radical (unpaired) electrons. The molecule has 0 atom stereocenters. The van der Waals surface area contributed by atoms with Crippen LogP contribution in [0.1, 0.15) is 24.6 Å². The summed E-state index contributed by atoms with van der Waals surface area (Å²) in [7, 11) is 0. The van der Waals surface area contributed by atoms with E-state index in [-0.39, 0.29) is 12.4 Å². The van der Waals surface area contributed by atoms with Gasteiger partial charge in [-0.15, -0.1) is 12.4 Å². The molecule has 2 rings (SSSR count). The third-order valence-electron chi connectivity index (χ3n) is 2.73. The summed E-state index contributed by atoms with van der Waals surface area (Å²) in [5.74, 6) is 0. The van der Waals surface area contributed by atoms with Gasteiger partial charge < -0.3 is 5.73 Å². The molecule has 92 valence electrons. The van der Waals surface area contributed by atoms with Gasteiger partial charge >= 0.3 is 0 Å². The molecule has 1 aromatic heterocycles. The van der Waals surface area contributed by atoms with Gasteiger partial charge in [0.2, 0.25) is 0 Å². The first-order chi connectivity index (χ1) is 7.74. The number of halogens is 1. The van der Waals surface area contributed by atoms with Crippen molar-refractivity contribution in [1.82, 2.24) is 9.78 Å². The number of para-hydroxylation sites is 1. The standard InChI is InChI=1S/C13H17N3.ClH/c1-3-6-13-11(14)9-15-16(13)12-8-5-4-7-10(12)2;/h4-5,7-9H,3,6,14H2,1-2H3;1H. The number of nitrogens with zero attached hydrogens (tertiary/aromatic N) is 2. The lowest BCUT2D eigenvalue weighted by Gasteiger charge is -2.09. The van der Waals surface area contributed by atoms with Crippen LogP contribution in [0.3, 0.4) is 0 Å². The number of aromatic nitrogens is 2. The van der Waals surface area contributed by atoms with Crippen LogP contribution < -0.4 is 5.73 Å². The highest BCUT2D eigenvalue weighted by Crippen LogP contribution is 2.20. The minimum atomic E-state index is 0. The average molecular weight is 252 g/mol. The van der Waals surface area contributed by atoms with Gasteiger partial charge in [0.05, 0.1) is 23.3 Å². The number of nitrogen functional groups attached to an aromatic ring is 1. The highest BCUT2D eigenvalue weighted by atomic mass is 35.5. The van der Waals surface area contributed by atoms with Crippen molar-refractivity contribution in [1.29, 1.82) is 0 Å². The molecule has 1 heterocycles. The number of aryl methyl sites for hydroxylation is 1. The number of anilines is 1. The van der Waals surface area contributed by atoms with E-state index in [0.717, 1.165) is 29.9 Å². The fourth-order valence-corrected chi connectivity index (χ4v) is 1.88. The van der Waals surface area contributed by atoms with Crippen molar-refractivity contribution in [3.05, 3.63) is 41.7 Å². The maximum absolute atomic E-state index is 5.93. The summed E-state index contributed by atoms with van der Waals surface area (Å²) in [6.07, 6.45) is 3.76. The third kappa shape index (κ3) is 2.61. The second kappa shape index (κ2) is 5.73. The van der Waals surface area contributed by atoms with E-state index in [9.17, 15) is 0 Å². The first-order valence-electron chi connectivity index (χ1n) is 5.62. The van der Waals surface area contributed by atoms with Crippen LogP contribution in [-0.2, 0) is 6.42 Å². The van der Waals surface area contributed by atoms with Crippen molar-refractivity contribution in [3.63, 3.8) is 0 Å². The smallest absolute Gasteiger partial charge is 0.0737 e. The van der Waals surface area contributed by atoms with Gasteiger partial charge in [0.15, 0.2) is 0 Å². The lowest BCUT2D eigenvalue weighted by molar-refractivity contribution is 0.773. The Morgan fingerprint density at radius 3 is 2.65 bits per heavy atom. The summed E-state index contributed by atoms with van der Waals surface area (Å²) < 4.78 is 1.95. The highest BCUT2D eigenvalue weighted by molar-refractivity contribution is 5.85. The highest BCUT2D eigenvalue weighted by Gasteiger charge is 2.10. The van der Waals surface area contributed by atoms with Crippen molar-refractivity contribution in [2.24, 2.45) is 0 Å². The Kier molecular flexibility index (Phi) is 4.58. The number of hydrogen-bond donors (Lipinski definition) is 1. The molecule has 0 aliphatic rings. The summed E-state index contributed by atoms with van der Waals surface area (Å²) in [5.41, 5.74) is 10.1. The molecule has 1 aromatic carbocycles. The first-order valence-corrected chi connectivity index (χ1v) is 5.62. The molecular formula is C13H18ClN3. The van der Waals surface area contributed by atoms with E-state index >= 15 is 0 Å². The van der Waals surface area contributed by atoms with E-state index in [1.165, 1.54) is 5.56 Å². The van der Waals surface area contributed by atoms with Gasteiger partial charge in [-0.25, -0.2) is 4.68 Å². The molecule has 0 spiro atoms. The van der Waals surface area contributed by atoms with E-state index in [0.29, 0.717) is 0 Å². The molecule has 0 bridgehead atoms. The van der Waals surface area contributed by atoms with Crippen LogP contribution in [-0.4, -0.2) is 9.78 Å². The molecule has 0 saturated heterocycles. The van der Waals surface area contributed by atoms with E-state index < -0.39 is 0 Å². The Morgan fingerprint density at radius 2 is 2.00 bits per heavy atom. The van der Waals surface area contributed by atoms with Crippen molar-refractivity contribution in [3.8, 4) is 5.69 Å². The lowest BCUT2D eigenvalue weighted by Crippen LogP contribution is -2.05. The normalized spacial score (nSPS) is 10.0. The Hall–Kier alpha value is -1.48. The molecular weight excluding hydrogens is 234 g/mol. The number of hydrogen-bond acceptors (Lipinski definition) is 2. The van der Waals surface area contributed by atoms with Crippen LogP contribution in [0.15, 0.2) is 30.5 Å². The Balaban J connectivity index is 0.00000144. The van der Waals surface area contributed by atoms with Crippen LogP contribution >= 0.6 is 12.4 Å². The van der Waals surface area contributed by atoms with Crippen molar-refractivity contribution in [2.45, 2.75) is 26.7 Å². The maximum atomic E-state index is 5.93. The molecule has 2 aromatic rings. The molecule has 0 aliphatic carbocycles. The van der Waals surface area contributed by atoms with E-state index in [2.05, 4.69) is 31.1 Å². The summed E-state index contributed by atoms with van der Waals surface area (Å²) >= 11 is 0. The second-order valence-electron chi connectivity index (χ2n) is 3.99. The summed E-state index contributed by atoms with van der Waals surface area (Å²) in [5, 5.41) is 4.36. The van der Waals surface area contributed by atoms with E-state index in [4.69, 9.17) is 5.73 Å². The third-order valence-corrected chi connectivity index (χ3v) is 2.73. The predicted molar refractivity (Wildman–Crippen MR) is 74.0 cm³/mol. The Morgan fingerprint density at radius 1 is 1.29 bits per heavy atom. The van der Waals surface area contributed by atoms with Crippen LogP contribution in [0, 0.1) is 6.92 Å². The zero-order chi connectivity index (χ0) is 11.5. The fraction of sp³-hybridized carbons (Fsp3) is 0.308. The first kappa shape index (κ1) is 13.6. The monoisotopic (exact) mass is 251 g/mol. The number of rotatable bonds is 3. The van der Waals surface area contributed by atoms with Gasteiger partial charge in [-0.05, 0) is 25.0 Å². The molecule has 0 fully saturated rings. The van der Waals surface area contributed by atoms with Crippen molar-refractivity contribution < 1.29 is 0 Å². The Bertz CT molecular complexity index is 491. The predicted octanol–water partition coefficient (Wildman–Crippen LogP) is 3.14. The summed E-state index contributed by atoms with van der Waals surface area (Å²) in [6.45, 7) is 4.23. The molecule has 3 nitrogen and oxygen atoms in total. The van der Waals surface area contributed by atoms with Gasteiger partial charge in [0, 0.05) is 0 Å².